The second-order valence-electron chi connectivity index (χ2n) is 6.43. The van der Waals surface area contributed by atoms with Crippen LogP contribution < -0.4 is 0 Å². The number of amides is 1. The molecular weight excluding hydrogens is 380 g/mol. The molecule has 0 saturated carbocycles. The zero-order valence-corrected chi connectivity index (χ0v) is 15.6. The monoisotopic (exact) mass is 398 g/mol. The van der Waals surface area contributed by atoms with E-state index < -0.39 is 29.2 Å². The molecule has 29 heavy (non-hydrogen) atoms. The van der Waals surface area contributed by atoms with Crippen molar-refractivity contribution in [3.8, 4) is 0 Å². The maximum absolute atomic E-state index is 12.4. The van der Waals surface area contributed by atoms with Crippen molar-refractivity contribution in [1.29, 1.82) is 0 Å². The SMILES string of the molecule is COC(=O)c1cc(C(=O)OCC(=O)N2CCc3ccccc3C2)cc([N+](=O)[O-])c1. The highest BCUT2D eigenvalue weighted by molar-refractivity contribution is 5.97. The van der Waals surface area contributed by atoms with Crippen LogP contribution in [-0.2, 0) is 27.2 Å². The molecule has 0 fully saturated rings. The van der Waals surface area contributed by atoms with Crippen molar-refractivity contribution in [1.82, 2.24) is 4.90 Å². The quantitative estimate of drug-likeness (QED) is 0.430. The molecule has 0 aromatic heterocycles. The predicted molar refractivity (Wildman–Crippen MR) is 100 cm³/mol. The van der Waals surface area contributed by atoms with Gasteiger partial charge in [-0.3, -0.25) is 14.9 Å². The van der Waals surface area contributed by atoms with E-state index in [9.17, 15) is 24.5 Å². The van der Waals surface area contributed by atoms with Crippen molar-refractivity contribution >= 4 is 23.5 Å². The van der Waals surface area contributed by atoms with E-state index in [1.165, 1.54) is 5.56 Å². The lowest BCUT2D eigenvalue weighted by molar-refractivity contribution is -0.384. The number of esters is 2. The Morgan fingerprint density at radius 1 is 1.07 bits per heavy atom. The van der Waals surface area contributed by atoms with Gasteiger partial charge in [0, 0.05) is 25.2 Å². The third kappa shape index (κ3) is 4.57. The van der Waals surface area contributed by atoms with E-state index in [-0.39, 0.29) is 17.0 Å². The number of nitrogens with zero attached hydrogens (tertiary/aromatic N) is 2. The molecule has 0 bridgehead atoms. The molecule has 1 aliphatic heterocycles. The number of methoxy groups -OCH3 is 1. The summed E-state index contributed by atoms with van der Waals surface area (Å²) < 4.78 is 9.57. The van der Waals surface area contributed by atoms with Gasteiger partial charge < -0.3 is 14.4 Å². The van der Waals surface area contributed by atoms with Crippen LogP contribution in [0.5, 0.6) is 0 Å². The Balaban J connectivity index is 1.67. The third-order valence-corrected chi connectivity index (χ3v) is 4.60. The number of nitro groups is 1. The number of benzene rings is 2. The predicted octanol–water partition coefficient (Wildman–Crippen LogP) is 2.12. The molecule has 0 spiro atoms. The second-order valence-corrected chi connectivity index (χ2v) is 6.43. The summed E-state index contributed by atoms with van der Waals surface area (Å²) in [6.07, 6.45) is 0.712. The van der Waals surface area contributed by atoms with Gasteiger partial charge in [-0.25, -0.2) is 9.59 Å². The number of rotatable bonds is 5. The van der Waals surface area contributed by atoms with Gasteiger partial charge in [-0.05, 0) is 23.6 Å². The zero-order chi connectivity index (χ0) is 21.0. The average Bonchev–Trinajstić information content (AvgIpc) is 2.75. The Labute approximate surface area is 166 Å². The van der Waals surface area contributed by atoms with Crippen LogP contribution in [0.15, 0.2) is 42.5 Å². The molecule has 0 aliphatic carbocycles. The third-order valence-electron chi connectivity index (χ3n) is 4.60. The molecule has 0 radical (unpaired) electrons. The van der Waals surface area contributed by atoms with E-state index in [4.69, 9.17) is 4.74 Å². The Morgan fingerprint density at radius 3 is 2.38 bits per heavy atom. The number of fused-ring (bicyclic) bond motifs is 1. The van der Waals surface area contributed by atoms with Gasteiger partial charge >= 0.3 is 11.9 Å². The van der Waals surface area contributed by atoms with Crippen molar-refractivity contribution in [2.75, 3.05) is 20.3 Å². The maximum atomic E-state index is 12.4. The molecule has 0 N–H and O–H groups in total. The first-order chi connectivity index (χ1) is 13.9. The van der Waals surface area contributed by atoms with Gasteiger partial charge in [0.2, 0.25) is 0 Å². The summed E-state index contributed by atoms with van der Waals surface area (Å²) in [5.41, 5.74) is 1.39. The highest BCUT2D eigenvalue weighted by Gasteiger charge is 2.23. The van der Waals surface area contributed by atoms with E-state index >= 15 is 0 Å². The van der Waals surface area contributed by atoms with Gasteiger partial charge in [-0.15, -0.1) is 0 Å². The zero-order valence-electron chi connectivity index (χ0n) is 15.6. The fourth-order valence-corrected chi connectivity index (χ4v) is 3.08. The van der Waals surface area contributed by atoms with E-state index in [1.54, 1.807) is 4.90 Å². The van der Waals surface area contributed by atoms with E-state index in [2.05, 4.69) is 4.74 Å². The molecule has 150 valence electrons. The summed E-state index contributed by atoms with van der Waals surface area (Å²) in [7, 11) is 1.12. The van der Waals surface area contributed by atoms with Crippen LogP contribution >= 0.6 is 0 Å². The summed E-state index contributed by atoms with van der Waals surface area (Å²) in [5.74, 6) is -2.14. The Morgan fingerprint density at radius 2 is 1.72 bits per heavy atom. The fraction of sp³-hybridized carbons (Fsp3) is 0.250. The van der Waals surface area contributed by atoms with Crippen molar-refractivity contribution in [3.05, 3.63) is 74.8 Å². The summed E-state index contributed by atoms with van der Waals surface area (Å²) in [6.45, 7) is 0.434. The number of carbonyl (C=O) groups excluding carboxylic acids is 3. The smallest absolute Gasteiger partial charge is 0.338 e. The summed E-state index contributed by atoms with van der Waals surface area (Å²) in [5, 5.41) is 11.1. The summed E-state index contributed by atoms with van der Waals surface area (Å²) >= 11 is 0. The van der Waals surface area contributed by atoms with Gasteiger partial charge in [0.15, 0.2) is 6.61 Å². The van der Waals surface area contributed by atoms with E-state index in [0.717, 1.165) is 30.9 Å². The van der Waals surface area contributed by atoms with E-state index in [1.807, 2.05) is 24.3 Å². The molecule has 3 rings (SSSR count). The van der Waals surface area contributed by atoms with Crippen LogP contribution in [-0.4, -0.2) is 47.9 Å². The van der Waals surface area contributed by atoms with Crippen molar-refractivity contribution in [2.45, 2.75) is 13.0 Å². The number of non-ortho nitro benzene ring substituents is 1. The van der Waals surface area contributed by atoms with Crippen LogP contribution in [0.1, 0.15) is 31.8 Å². The van der Waals surface area contributed by atoms with Gasteiger partial charge in [0.25, 0.3) is 11.6 Å². The van der Waals surface area contributed by atoms with Crippen molar-refractivity contribution in [2.24, 2.45) is 0 Å². The van der Waals surface area contributed by atoms with Crippen LogP contribution in [0.25, 0.3) is 0 Å². The Bertz CT molecular complexity index is 987. The molecule has 1 aliphatic rings. The Kier molecular flexibility index (Phi) is 5.87. The molecule has 2 aromatic carbocycles. The Hall–Kier alpha value is -3.75. The lowest BCUT2D eigenvalue weighted by Crippen LogP contribution is -2.38. The first-order valence-electron chi connectivity index (χ1n) is 8.78. The van der Waals surface area contributed by atoms with Crippen LogP contribution in [0, 0.1) is 10.1 Å². The number of hydrogen-bond donors (Lipinski definition) is 0. The molecule has 2 aromatic rings. The highest BCUT2D eigenvalue weighted by Crippen LogP contribution is 2.20. The number of nitro benzene ring substituents is 1. The van der Waals surface area contributed by atoms with Crippen molar-refractivity contribution in [3.63, 3.8) is 0 Å². The van der Waals surface area contributed by atoms with E-state index in [0.29, 0.717) is 19.5 Å². The lowest BCUT2D eigenvalue weighted by Gasteiger charge is -2.28. The minimum absolute atomic E-state index is 0.160. The molecule has 1 heterocycles. The molecule has 0 saturated heterocycles. The van der Waals surface area contributed by atoms with Crippen molar-refractivity contribution < 1.29 is 28.8 Å². The number of ether oxygens (including phenoxy) is 2. The molecular formula is C20H18N2O7. The van der Waals surface area contributed by atoms with Gasteiger partial charge in [-0.2, -0.15) is 0 Å². The molecule has 0 unspecified atom stereocenters. The molecule has 9 heteroatoms. The van der Waals surface area contributed by atoms with Gasteiger partial charge in [0.05, 0.1) is 23.2 Å². The normalized spacial score (nSPS) is 12.7. The number of carbonyl (C=O) groups is 3. The summed E-state index contributed by atoms with van der Waals surface area (Å²) in [6, 6.07) is 10.9. The molecule has 0 atom stereocenters. The molecule has 9 nitrogen and oxygen atoms in total. The number of hydrogen-bond acceptors (Lipinski definition) is 7. The topological polar surface area (TPSA) is 116 Å². The summed E-state index contributed by atoms with van der Waals surface area (Å²) in [4.78, 5) is 48.3. The minimum atomic E-state index is -0.940. The van der Waals surface area contributed by atoms with Gasteiger partial charge in [0.1, 0.15) is 0 Å². The largest absolute Gasteiger partial charge is 0.465 e. The van der Waals surface area contributed by atoms with Gasteiger partial charge in [-0.1, -0.05) is 24.3 Å². The molecule has 1 amide bonds. The first kappa shape index (κ1) is 20.0. The fourth-order valence-electron chi connectivity index (χ4n) is 3.08. The van der Waals surface area contributed by atoms with Crippen LogP contribution in [0.3, 0.4) is 0 Å². The highest BCUT2D eigenvalue weighted by atomic mass is 16.6. The van der Waals surface area contributed by atoms with Crippen LogP contribution in [0.4, 0.5) is 5.69 Å². The minimum Gasteiger partial charge on any atom is -0.465 e. The lowest BCUT2D eigenvalue weighted by atomic mass is 10.00. The van der Waals surface area contributed by atoms with Crippen LogP contribution in [0.2, 0.25) is 0 Å². The first-order valence-corrected chi connectivity index (χ1v) is 8.78. The second kappa shape index (κ2) is 8.51. The standard InChI is InChI=1S/C20H18N2O7/c1-28-19(24)15-8-16(10-17(9-15)22(26)27)20(25)29-12-18(23)21-7-6-13-4-2-3-5-14(13)11-21/h2-5,8-10H,6-7,11-12H2,1H3. The maximum Gasteiger partial charge on any atom is 0.338 e. The average molecular weight is 398 g/mol.